The highest BCUT2D eigenvalue weighted by molar-refractivity contribution is 6.30. The van der Waals surface area contributed by atoms with Crippen LogP contribution in [0.3, 0.4) is 0 Å². The molecule has 11 aromatic carbocycles. The molecule has 304 valence electrons. The molecule has 14 rings (SSSR count). The minimum atomic E-state index is 0.104. The Morgan fingerprint density at radius 2 is 0.892 bits per heavy atom. The summed E-state index contributed by atoms with van der Waals surface area (Å²) < 4.78 is 2.55. The molecule has 1 saturated heterocycles. The summed E-state index contributed by atoms with van der Waals surface area (Å²) >= 11 is 0. The number of nitrogens with zero attached hydrogens (tertiary/aromatic N) is 3. The molecule has 0 radical (unpaired) electrons. The van der Waals surface area contributed by atoms with Gasteiger partial charge in [0.25, 0.3) is 0 Å². The largest absolute Gasteiger partial charge is 0.309 e. The summed E-state index contributed by atoms with van der Waals surface area (Å²) in [5.74, 6) is 0. The number of rotatable bonds is 6. The first-order valence-corrected chi connectivity index (χ1v) is 22.7. The lowest BCUT2D eigenvalue weighted by molar-refractivity contribution is 0.447. The lowest BCUT2D eigenvalue weighted by Gasteiger charge is -2.18. The van der Waals surface area contributed by atoms with Crippen LogP contribution in [-0.4, -0.2) is 9.58 Å². The first kappa shape index (κ1) is 36.3. The fraction of sp³-hybridized carbons (Fsp3) is 0.0323. The maximum Gasteiger partial charge on any atom is 0.142 e. The molecule has 0 aliphatic carbocycles. The van der Waals surface area contributed by atoms with Crippen molar-refractivity contribution in [2.45, 2.75) is 12.2 Å². The molecule has 2 aliphatic rings. The smallest absolute Gasteiger partial charge is 0.142 e. The van der Waals surface area contributed by atoms with Gasteiger partial charge >= 0.3 is 0 Å². The van der Waals surface area contributed by atoms with Gasteiger partial charge in [-0.25, -0.2) is 0 Å². The molecule has 3 nitrogen and oxygen atoms in total. The van der Waals surface area contributed by atoms with E-state index in [1.165, 1.54) is 116 Å². The van der Waals surface area contributed by atoms with Crippen LogP contribution in [0.2, 0.25) is 0 Å². The van der Waals surface area contributed by atoms with E-state index in [2.05, 4.69) is 251 Å². The van der Waals surface area contributed by atoms with Crippen molar-refractivity contribution < 1.29 is 0 Å². The predicted octanol–water partition coefficient (Wildman–Crippen LogP) is 16.1. The van der Waals surface area contributed by atoms with Gasteiger partial charge in [0.05, 0.1) is 28.5 Å². The van der Waals surface area contributed by atoms with E-state index in [1.807, 2.05) is 0 Å². The molecule has 3 atom stereocenters. The van der Waals surface area contributed by atoms with Gasteiger partial charge in [-0.05, 0) is 96.2 Å². The van der Waals surface area contributed by atoms with Gasteiger partial charge in [-0.3, -0.25) is 5.01 Å². The van der Waals surface area contributed by atoms with Crippen LogP contribution in [0.4, 0.5) is 5.69 Å². The highest BCUT2D eigenvalue weighted by Crippen LogP contribution is 2.61. The second kappa shape index (κ2) is 14.1. The Labute approximate surface area is 377 Å². The van der Waals surface area contributed by atoms with Crippen molar-refractivity contribution in [3.05, 3.63) is 253 Å². The van der Waals surface area contributed by atoms with E-state index in [0.717, 1.165) is 0 Å². The number of hydrazine groups is 1. The summed E-state index contributed by atoms with van der Waals surface area (Å²) in [6, 6.07) is 87.5. The van der Waals surface area contributed by atoms with Crippen LogP contribution >= 0.6 is 0 Å². The standard InChI is InChI=1S/C62H41N3/c1-3-16-40(17-4-1)45-21-13-22-46(38-45)41-32-34-44(35-33-41)61-53-26-11-12-30-56(53)64-62(65(61)64)52-29-14-28-50-48(52)27-15-31-55(50)63-57-37-36-43-20-7-8-23-47(43)59(57)60-51-25-10-9-24-49(51)54(39-58(60)63)42-18-5-2-6-19-42/h1-39,61-62H/t61?,62?,64?,65-/m0/s1. The summed E-state index contributed by atoms with van der Waals surface area (Å²) in [5.41, 5.74) is 16.2. The molecular formula is C62H41N3. The van der Waals surface area contributed by atoms with Crippen LogP contribution in [-0.2, 0) is 0 Å². The van der Waals surface area contributed by atoms with E-state index in [9.17, 15) is 0 Å². The zero-order valence-electron chi connectivity index (χ0n) is 35.5. The molecule has 12 aromatic rings. The normalized spacial score (nSPS) is 16.4. The van der Waals surface area contributed by atoms with Gasteiger partial charge in [0, 0.05) is 27.3 Å². The van der Waals surface area contributed by atoms with Crippen molar-refractivity contribution in [2.75, 3.05) is 5.01 Å². The highest BCUT2D eigenvalue weighted by atomic mass is 15.9. The third kappa shape index (κ3) is 5.46. The number of para-hydroxylation sites is 1. The molecule has 1 fully saturated rings. The summed E-state index contributed by atoms with van der Waals surface area (Å²) in [4.78, 5) is 0. The van der Waals surface area contributed by atoms with E-state index in [4.69, 9.17) is 0 Å². The fourth-order valence-corrected chi connectivity index (χ4v) is 11.2. The number of hydrogen-bond acceptors (Lipinski definition) is 2. The average molecular weight is 828 g/mol. The molecule has 1 aromatic heterocycles. The second-order valence-corrected chi connectivity index (χ2v) is 17.6. The number of fused-ring (bicyclic) bond motifs is 11. The quantitative estimate of drug-likeness (QED) is 0.155. The monoisotopic (exact) mass is 827 g/mol. The average Bonchev–Trinajstić information content (AvgIpc) is 3.86. The van der Waals surface area contributed by atoms with Crippen molar-refractivity contribution in [3.63, 3.8) is 0 Å². The first-order valence-electron chi connectivity index (χ1n) is 22.7. The molecule has 0 spiro atoms. The maximum atomic E-state index is 2.59. The lowest BCUT2D eigenvalue weighted by Crippen LogP contribution is -2.10. The maximum absolute atomic E-state index is 2.59. The molecule has 0 bridgehead atoms. The first-order chi connectivity index (χ1) is 32.3. The second-order valence-electron chi connectivity index (χ2n) is 17.6. The molecule has 3 heteroatoms. The molecule has 3 heterocycles. The summed E-state index contributed by atoms with van der Waals surface area (Å²) in [7, 11) is 0. The Hall–Kier alpha value is -8.24. The number of anilines is 1. The van der Waals surface area contributed by atoms with Gasteiger partial charge in [0.1, 0.15) is 6.17 Å². The van der Waals surface area contributed by atoms with E-state index in [1.54, 1.807) is 0 Å². The van der Waals surface area contributed by atoms with E-state index < -0.39 is 0 Å². The molecule has 0 amide bonds. The Balaban J connectivity index is 0.917. The van der Waals surface area contributed by atoms with Crippen LogP contribution in [0.15, 0.2) is 237 Å². The summed E-state index contributed by atoms with van der Waals surface area (Å²) in [5, 5.41) is 15.3. The van der Waals surface area contributed by atoms with Crippen molar-refractivity contribution in [3.8, 4) is 39.1 Å². The number of aromatic nitrogens is 1. The molecule has 2 aliphatic heterocycles. The van der Waals surface area contributed by atoms with Gasteiger partial charge in [-0.2, -0.15) is 5.01 Å². The van der Waals surface area contributed by atoms with Gasteiger partial charge < -0.3 is 4.57 Å². The Kier molecular flexibility index (Phi) is 7.89. The Morgan fingerprint density at radius 3 is 1.71 bits per heavy atom. The minimum Gasteiger partial charge on any atom is -0.309 e. The minimum absolute atomic E-state index is 0.104. The van der Waals surface area contributed by atoms with E-state index >= 15 is 0 Å². The third-order valence-electron chi connectivity index (χ3n) is 14.1. The highest BCUT2D eigenvalue weighted by Gasteiger charge is 2.58. The van der Waals surface area contributed by atoms with Crippen molar-refractivity contribution in [1.29, 1.82) is 0 Å². The summed E-state index contributed by atoms with van der Waals surface area (Å²) in [6.45, 7) is 0. The number of hydrogen-bond donors (Lipinski definition) is 0. The topological polar surface area (TPSA) is 10.9 Å². The Morgan fingerprint density at radius 1 is 0.323 bits per heavy atom. The van der Waals surface area contributed by atoms with E-state index in [0.29, 0.717) is 0 Å². The Bertz CT molecular complexity index is 3850. The zero-order chi connectivity index (χ0) is 42.6. The van der Waals surface area contributed by atoms with Crippen LogP contribution in [0, 0.1) is 0 Å². The van der Waals surface area contributed by atoms with Crippen molar-refractivity contribution in [1.82, 2.24) is 9.58 Å². The lowest BCUT2D eigenvalue weighted by atomic mass is 9.93. The molecule has 65 heavy (non-hydrogen) atoms. The van der Waals surface area contributed by atoms with Gasteiger partial charge in [-0.1, -0.05) is 206 Å². The zero-order valence-corrected chi connectivity index (χ0v) is 35.5. The van der Waals surface area contributed by atoms with Crippen LogP contribution in [0.5, 0.6) is 0 Å². The molecular weight excluding hydrogens is 787 g/mol. The summed E-state index contributed by atoms with van der Waals surface area (Å²) in [6.07, 6.45) is 0.104. The SMILES string of the molecule is c1ccc(-c2cccc(-c3ccc(C4c5ccccc5N5C(c6cccc7c(-n8c9ccc%10ccccc%10c9c9c%10ccccc%10c(-c%10ccccc%10)cc98)cccc67)[N@]45)cc3)c2)cc1. The van der Waals surface area contributed by atoms with Gasteiger partial charge in [-0.15, -0.1) is 0 Å². The van der Waals surface area contributed by atoms with Crippen LogP contribution < -0.4 is 5.01 Å². The van der Waals surface area contributed by atoms with Crippen molar-refractivity contribution in [2.24, 2.45) is 0 Å². The van der Waals surface area contributed by atoms with E-state index in [-0.39, 0.29) is 12.2 Å². The van der Waals surface area contributed by atoms with Crippen molar-refractivity contribution >= 4 is 59.8 Å². The fourth-order valence-electron chi connectivity index (χ4n) is 11.2. The predicted molar refractivity (Wildman–Crippen MR) is 271 cm³/mol. The van der Waals surface area contributed by atoms with Crippen LogP contribution in [0.1, 0.15) is 28.9 Å². The third-order valence-corrected chi connectivity index (χ3v) is 14.1. The number of benzene rings is 11. The van der Waals surface area contributed by atoms with Gasteiger partial charge in [0.2, 0.25) is 0 Å². The molecule has 0 saturated carbocycles. The van der Waals surface area contributed by atoms with Gasteiger partial charge in [0.15, 0.2) is 0 Å². The molecule has 2 unspecified atom stereocenters. The molecule has 0 N–H and O–H groups in total. The van der Waals surface area contributed by atoms with Crippen LogP contribution in [0.25, 0.3) is 93.2 Å².